The minimum absolute atomic E-state index is 0.245. The first-order chi connectivity index (χ1) is 13.1. The standard InChI is InChI=1S/C18H18N4O3S2/c1-2-22-4-3-9-14(7-22)26-17(15(9)16(19)23)21-18-20-10-5-11-12(25-8-24-11)6-13(10)27-18/h5-6H,2-4,7-8H2,1H3,(H2,19,23)(H,20,21). The van der Waals surface area contributed by atoms with Gasteiger partial charge < -0.3 is 20.5 Å². The number of fused-ring (bicyclic) bond motifs is 3. The number of anilines is 2. The lowest BCUT2D eigenvalue weighted by Gasteiger charge is -2.25. The van der Waals surface area contributed by atoms with Gasteiger partial charge in [0, 0.05) is 30.1 Å². The average Bonchev–Trinajstić information content (AvgIpc) is 3.33. The molecule has 1 amide bonds. The van der Waals surface area contributed by atoms with Gasteiger partial charge in [-0.15, -0.1) is 11.3 Å². The molecule has 0 saturated carbocycles. The number of hydrogen-bond donors (Lipinski definition) is 2. The van der Waals surface area contributed by atoms with Crippen molar-refractivity contribution in [3.05, 3.63) is 28.1 Å². The van der Waals surface area contributed by atoms with Crippen LogP contribution < -0.4 is 20.5 Å². The first-order valence-electron chi connectivity index (χ1n) is 8.76. The number of nitrogens with zero attached hydrogens (tertiary/aromatic N) is 2. The molecule has 7 nitrogen and oxygen atoms in total. The van der Waals surface area contributed by atoms with Crippen LogP contribution in [0.3, 0.4) is 0 Å². The second-order valence-corrected chi connectivity index (χ2v) is 8.64. The molecule has 0 spiro atoms. The van der Waals surface area contributed by atoms with E-state index in [9.17, 15) is 4.79 Å². The van der Waals surface area contributed by atoms with Crippen LogP contribution in [0.5, 0.6) is 11.5 Å². The molecule has 1 aromatic carbocycles. The van der Waals surface area contributed by atoms with Crippen molar-refractivity contribution in [2.24, 2.45) is 5.73 Å². The molecule has 0 radical (unpaired) electrons. The number of primary amides is 1. The number of rotatable bonds is 4. The number of ether oxygens (including phenoxy) is 2. The molecule has 2 aromatic heterocycles. The van der Waals surface area contributed by atoms with Crippen molar-refractivity contribution >= 4 is 48.9 Å². The Labute approximate surface area is 163 Å². The van der Waals surface area contributed by atoms with Gasteiger partial charge in [-0.05, 0) is 18.5 Å². The van der Waals surface area contributed by atoms with E-state index in [0.717, 1.165) is 57.7 Å². The van der Waals surface area contributed by atoms with Gasteiger partial charge in [0.1, 0.15) is 5.00 Å². The van der Waals surface area contributed by atoms with Crippen LogP contribution in [-0.4, -0.2) is 35.7 Å². The fourth-order valence-electron chi connectivity index (χ4n) is 3.54. The van der Waals surface area contributed by atoms with Gasteiger partial charge >= 0.3 is 0 Å². The van der Waals surface area contributed by atoms with Gasteiger partial charge in [-0.3, -0.25) is 9.69 Å². The molecule has 3 N–H and O–H groups in total. The van der Waals surface area contributed by atoms with E-state index in [1.165, 1.54) is 16.2 Å². The lowest BCUT2D eigenvalue weighted by atomic mass is 10.0. The van der Waals surface area contributed by atoms with E-state index < -0.39 is 0 Å². The molecular formula is C18H18N4O3S2. The second kappa shape index (κ2) is 6.36. The van der Waals surface area contributed by atoms with Gasteiger partial charge in [0.25, 0.3) is 5.91 Å². The molecule has 9 heteroatoms. The lowest BCUT2D eigenvalue weighted by Crippen LogP contribution is -2.30. The summed E-state index contributed by atoms with van der Waals surface area (Å²) >= 11 is 3.12. The summed E-state index contributed by atoms with van der Waals surface area (Å²) in [6, 6.07) is 3.82. The molecule has 2 aliphatic heterocycles. The van der Waals surface area contributed by atoms with Gasteiger partial charge in [-0.2, -0.15) is 0 Å². The summed E-state index contributed by atoms with van der Waals surface area (Å²) in [5, 5.41) is 4.84. The highest BCUT2D eigenvalue weighted by molar-refractivity contribution is 7.23. The number of nitrogens with two attached hydrogens (primary N) is 1. The largest absolute Gasteiger partial charge is 0.454 e. The van der Waals surface area contributed by atoms with E-state index in [4.69, 9.17) is 15.2 Å². The lowest BCUT2D eigenvalue weighted by molar-refractivity contribution is 0.1000. The minimum atomic E-state index is -0.387. The molecule has 0 atom stereocenters. The van der Waals surface area contributed by atoms with Crippen LogP contribution in [0.1, 0.15) is 27.7 Å². The van der Waals surface area contributed by atoms with Crippen LogP contribution in [0.4, 0.5) is 10.1 Å². The first-order valence-corrected chi connectivity index (χ1v) is 10.4. The van der Waals surface area contributed by atoms with E-state index >= 15 is 0 Å². The summed E-state index contributed by atoms with van der Waals surface area (Å²) in [6.07, 6.45) is 0.848. The fourth-order valence-corrected chi connectivity index (χ4v) is 5.78. The highest BCUT2D eigenvalue weighted by atomic mass is 32.1. The predicted octanol–water partition coefficient (Wildman–Crippen LogP) is 3.31. The Morgan fingerprint density at radius 2 is 2.15 bits per heavy atom. The van der Waals surface area contributed by atoms with Crippen molar-refractivity contribution in [2.75, 3.05) is 25.2 Å². The summed E-state index contributed by atoms with van der Waals surface area (Å²) in [5.74, 6) is 1.06. The minimum Gasteiger partial charge on any atom is -0.454 e. The normalized spacial score (nSPS) is 15.9. The molecule has 27 heavy (non-hydrogen) atoms. The Morgan fingerprint density at radius 1 is 1.33 bits per heavy atom. The number of thiazole rings is 1. The van der Waals surface area contributed by atoms with Gasteiger partial charge in [0.15, 0.2) is 16.6 Å². The predicted molar refractivity (Wildman–Crippen MR) is 107 cm³/mol. The quantitative estimate of drug-likeness (QED) is 0.696. The number of amides is 1. The van der Waals surface area contributed by atoms with Crippen molar-refractivity contribution < 1.29 is 14.3 Å². The van der Waals surface area contributed by atoms with Crippen molar-refractivity contribution in [1.82, 2.24) is 9.88 Å². The van der Waals surface area contributed by atoms with Crippen LogP contribution in [0.25, 0.3) is 10.2 Å². The number of likely N-dealkylation sites (N-methyl/N-ethyl adjacent to an activating group) is 1. The highest BCUT2D eigenvalue weighted by Gasteiger charge is 2.27. The molecule has 0 aliphatic carbocycles. The molecule has 4 heterocycles. The third-order valence-electron chi connectivity index (χ3n) is 4.93. The fraction of sp³-hybridized carbons (Fsp3) is 0.333. The third-order valence-corrected chi connectivity index (χ3v) is 7.00. The summed E-state index contributed by atoms with van der Waals surface area (Å²) in [5.41, 5.74) is 8.24. The summed E-state index contributed by atoms with van der Waals surface area (Å²) in [6.45, 7) is 5.21. The van der Waals surface area contributed by atoms with Crippen molar-refractivity contribution in [1.29, 1.82) is 0 Å². The van der Waals surface area contributed by atoms with Crippen molar-refractivity contribution in [3.63, 3.8) is 0 Å². The van der Waals surface area contributed by atoms with Gasteiger partial charge in [-0.25, -0.2) is 4.98 Å². The molecule has 3 aromatic rings. The summed E-state index contributed by atoms with van der Waals surface area (Å²) in [4.78, 5) is 20.3. The van der Waals surface area contributed by atoms with E-state index in [0.29, 0.717) is 11.3 Å². The maximum absolute atomic E-state index is 12.1. The molecule has 5 rings (SSSR count). The molecule has 0 bridgehead atoms. The molecule has 140 valence electrons. The monoisotopic (exact) mass is 402 g/mol. The van der Waals surface area contributed by atoms with Crippen molar-refractivity contribution in [3.8, 4) is 11.5 Å². The Kier molecular flexibility index (Phi) is 3.96. The van der Waals surface area contributed by atoms with E-state index in [2.05, 4.69) is 22.1 Å². The second-order valence-electron chi connectivity index (χ2n) is 6.51. The SMILES string of the molecule is CCN1CCc2c(sc(Nc3nc4cc5c(cc4s3)OCO5)c2C(N)=O)C1. The van der Waals surface area contributed by atoms with Gasteiger partial charge in [0.2, 0.25) is 6.79 Å². The topological polar surface area (TPSA) is 89.7 Å². The van der Waals surface area contributed by atoms with Crippen LogP contribution >= 0.6 is 22.7 Å². The smallest absolute Gasteiger partial charge is 0.251 e. The number of aromatic nitrogens is 1. The Morgan fingerprint density at radius 3 is 2.93 bits per heavy atom. The van der Waals surface area contributed by atoms with Gasteiger partial charge in [-0.1, -0.05) is 18.3 Å². The number of carbonyl (C=O) groups excluding carboxylic acids is 1. The summed E-state index contributed by atoms with van der Waals surface area (Å²) in [7, 11) is 0. The number of nitrogens with one attached hydrogen (secondary N) is 1. The molecule has 0 saturated heterocycles. The molecule has 2 aliphatic rings. The molecule has 0 unspecified atom stereocenters. The zero-order valence-corrected chi connectivity index (χ0v) is 16.3. The average molecular weight is 403 g/mol. The van der Waals surface area contributed by atoms with E-state index in [1.807, 2.05) is 12.1 Å². The van der Waals surface area contributed by atoms with E-state index in [-0.39, 0.29) is 12.7 Å². The molecule has 0 fully saturated rings. The van der Waals surface area contributed by atoms with Gasteiger partial charge in [0.05, 0.1) is 15.8 Å². The number of thiophene rings is 1. The summed E-state index contributed by atoms with van der Waals surface area (Å²) < 4.78 is 11.9. The van der Waals surface area contributed by atoms with Crippen LogP contribution in [0.15, 0.2) is 12.1 Å². The Hall–Kier alpha value is -2.36. The zero-order chi connectivity index (χ0) is 18.5. The maximum Gasteiger partial charge on any atom is 0.251 e. The van der Waals surface area contributed by atoms with E-state index in [1.54, 1.807) is 11.3 Å². The van der Waals surface area contributed by atoms with Crippen molar-refractivity contribution in [2.45, 2.75) is 19.9 Å². The van der Waals surface area contributed by atoms with Crippen LogP contribution in [0.2, 0.25) is 0 Å². The molecular weight excluding hydrogens is 384 g/mol. The number of carbonyl (C=O) groups is 1. The zero-order valence-electron chi connectivity index (χ0n) is 14.7. The highest BCUT2D eigenvalue weighted by Crippen LogP contribution is 2.42. The van der Waals surface area contributed by atoms with Crippen LogP contribution in [0, 0.1) is 0 Å². The third kappa shape index (κ3) is 2.82. The maximum atomic E-state index is 12.1. The van der Waals surface area contributed by atoms with Crippen LogP contribution in [-0.2, 0) is 13.0 Å². The number of benzene rings is 1. The Balaban J connectivity index is 1.51. The number of hydrogen-bond acceptors (Lipinski definition) is 8. The Bertz CT molecular complexity index is 1020. The first kappa shape index (κ1) is 16.8.